The molecule has 1 aliphatic rings. The first-order valence-corrected chi connectivity index (χ1v) is 15.8. The summed E-state index contributed by atoms with van der Waals surface area (Å²) in [5.74, 6) is -0.449. The molecule has 4 aromatic rings. The van der Waals surface area contributed by atoms with Gasteiger partial charge in [-0.05, 0) is 71.2 Å². The summed E-state index contributed by atoms with van der Waals surface area (Å²) in [6.45, 7) is 18.8. The number of halogens is 1. The van der Waals surface area contributed by atoms with Crippen LogP contribution in [-0.4, -0.2) is 63.2 Å². The lowest BCUT2D eigenvalue weighted by molar-refractivity contribution is -0.160. The Balaban J connectivity index is 1.63. The second kappa shape index (κ2) is 13.7. The topological polar surface area (TPSA) is 98.4 Å². The molecule has 2 aromatic heterocycles. The largest absolute Gasteiger partial charge is 0.489 e. The average molecular weight is 643 g/mol. The van der Waals surface area contributed by atoms with Crippen molar-refractivity contribution in [1.82, 2.24) is 14.6 Å². The lowest BCUT2D eigenvalue weighted by atomic mass is 9.92. The summed E-state index contributed by atoms with van der Waals surface area (Å²) >= 11 is 0. The third-order valence-electron chi connectivity index (χ3n) is 8.20. The highest BCUT2D eigenvalue weighted by atomic mass is 19.1. The zero-order valence-electron chi connectivity index (χ0n) is 27.8. The number of nitrogens with zero attached hydrogens (tertiary/aromatic N) is 4. The number of carboxylic acids is 1. The number of aryl methyl sites for hydroxylation is 1. The van der Waals surface area contributed by atoms with Gasteiger partial charge in [0.2, 0.25) is 0 Å². The van der Waals surface area contributed by atoms with Gasteiger partial charge in [-0.2, -0.15) is 9.61 Å². The van der Waals surface area contributed by atoms with E-state index in [2.05, 4.69) is 25.0 Å². The van der Waals surface area contributed by atoms with Crippen LogP contribution in [0, 0.1) is 12.7 Å². The van der Waals surface area contributed by atoms with Crippen LogP contribution in [0.5, 0.6) is 5.75 Å². The van der Waals surface area contributed by atoms with E-state index in [0.29, 0.717) is 53.9 Å². The lowest BCUT2D eigenvalue weighted by Gasteiger charge is -2.41. The van der Waals surface area contributed by atoms with Gasteiger partial charge in [0.1, 0.15) is 24.0 Å². The third-order valence-corrected chi connectivity index (χ3v) is 8.20. The second-order valence-electron chi connectivity index (χ2n) is 13.0. The smallest absolute Gasteiger partial charge is 0.337 e. The first-order valence-electron chi connectivity index (χ1n) is 15.8. The molecule has 1 N–H and O–H groups in total. The molecular formula is C37H43FN4O5. The van der Waals surface area contributed by atoms with Gasteiger partial charge in [0, 0.05) is 42.0 Å². The molecular weight excluding hydrogens is 599 g/mol. The van der Waals surface area contributed by atoms with Crippen molar-refractivity contribution in [1.29, 1.82) is 0 Å². The molecule has 248 valence electrons. The predicted octanol–water partition coefficient (Wildman–Crippen LogP) is 7.58. The number of carboxylic acid groups (broad SMARTS) is 1. The Kier molecular flexibility index (Phi) is 9.84. The molecule has 1 saturated heterocycles. The quantitative estimate of drug-likeness (QED) is 0.158. The number of anilines is 1. The van der Waals surface area contributed by atoms with Crippen molar-refractivity contribution in [2.24, 2.45) is 0 Å². The molecule has 5 rings (SSSR count). The van der Waals surface area contributed by atoms with E-state index in [4.69, 9.17) is 24.3 Å². The zero-order chi connectivity index (χ0) is 33.9. The molecule has 9 nitrogen and oxygen atoms in total. The first kappa shape index (κ1) is 33.8. The SMILES string of the molecule is C=CCOc1cc(F)ccc1-c1cccc(-c2cc3nc(C)c(C(OC(C)(C)C)C(=O)O)c(N4CCC(C)(OCC=C)CC4)n3n2)c1. The number of hydrogen-bond acceptors (Lipinski definition) is 7. The molecule has 47 heavy (non-hydrogen) atoms. The van der Waals surface area contributed by atoms with E-state index in [0.717, 1.165) is 29.5 Å². The van der Waals surface area contributed by atoms with Crippen LogP contribution < -0.4 is 9.64 Å². The number of piperidine rings is 1. The Hall–Kier alpha value is -4.54. The summed E-state index contributed by atoms with van der Waals surface area (Å²) < 4.78 is 33.9. The van der Waals surface area contributed by atoms with Crippen LogP contribution in [0.4, 0.5) is 10.2 Å². The molecule has 0 saturated carbocycles. The van der Waals surface area contributed by atoms with Crippen molar-refractivity contribution in [3.05, 3.63) is 90.9 Å². The third kappa shape index (κ3) is 7.55. The standard InChI is InChI=1S/C37H43FN4O5/c1-8-19-45-30-22-27(38)13-14-28(30)25-11-10-12-26(21-25)29-23-31-39-24(3)32(33(35(43)44)47-36(4,5)6)34(42(31)40-29)41-17-15-37(7,16-18-41)46-20-9-2/h8-14,21-23,33H,1-2,15-20H2,3-7H3,(H,43,44). The number of rotatable bonds is 12. The van der Waals surface area contributed by atoms with Crippen molar-refractivity contribution in [2.45, 2.75) is 64.8 Å². The Labute approximate surface area is 275 Å². The maximum atomic E-state index is 14.1. The molecule has 1 aliphatic heterocycles. The number of aliphatic carboxylic acids is 1. The molecule has 0 radical (unpaired) electrons. The number of carbonyl (C=O) groups is 1. The van der Waals surface area contributed by atoms with E-state index in [1.165, 1.54) is 12.1 Å². The maximum absolute atomic E-state index is 14.1. The van der Waals surface area contributed by atoms with Crippen LogP contribution in [0.15, 0.2) is 73.8 Å². The molecule has 0 amide bonds. The van der Waals surface area contributed by atoms with Crippen molar-refractivity contribution in [2.75, 3.05) is 31.2 Å². The number of ether oxygens (including phenoxy) is 3. The number of hydrogen-bond donors (Lipinski definition) is 1. The Morgan fingerprint density at radius 1 is 1.09 bits per heavy atom. The Bertz CT molecular complexity index is 1790. The predicted molar refractivity (Wildman–Crippen MR) is 181 cm³/mol. The van der Waals surface area contributed by atoms with Gasteiger partial charge in [-0.1, -0.05) is 36.9 Å². The number of benzene rings is 2. The summed E-state index contributed by atoms with van der Waals surface area (Å²) in [6.07, 6.45) is 3.55. The van der Waals surface area contributed by atoms with Gasteiger partial charge in [-0.25, -0.2) is 14.2 Å². The highest BCUT2D eigenvalue weighted by Gasteiger charge is 2.37. The van der Waals surface area contributed by atoms with Gasteiger partial charge < -0.3 is 24.2 Å². The molecule has 0 aliphatic carbocycles. The van der Waals surface area contributed by atoms with E-state index in [9.17, 15) is 14.3 Å². The van der Waals surface area contributed by atoms with E-state index in [-0.39, 0.29) is 12.2 Å². The van der Waals surface area contributed by atoms with E-state index < -0.39 is 23.5 Å². The molecule has 1 atom stereocenters. The molecule has 1 unspecified atom stereocenters. The molecule has 0 bridgehead atoms. The summed E-state index contributed by atoms with van der Waals surface area (Å²) in [5, 5.41) is 15.5. The minimum atomic E-state index is -1.27. The monoisotopic (exact) mass is 642 g/mol. The maximum Gasteiger partial charge on any atom is 0.337 e. The Morgan fingerprint density at radius 3 is 2.45 bits per heavy atom. The van der Waals surface area contributed by atoms with Gasteiger partial charge in [-0.15, -0.1) is 6.58 Å². The fourth-order valence-corrected chi connectivity index (χ4v) is 5.90. The first-order chi connectivity index (χ1) is 22.3. The van der Waals surface area contributed by atoms with Crippen molar-refractivity contribution in [3.8, 4) is 28.1 Å². The van der Waals surface area contributed by atoms with Crippen molar-refractivity contribution < 1.29 is 28.5 Å². The fraction of sp³-hybridized carbons (Fsp3) is 0.378. The fourth-order valence-electron chi connectivity index (χ4n) is 5.90. The molecule has 2 aromatic carbocycles. The second-order valence-corrected chi connectivity index (χ2v) is 13.0. The summed E-state index contributed by atoms with van der Waals surface area (Å²) in [4.78, 5) is 19.8. The van der Waals surface area contributed by atoms with Gasteiger partial charge in [0.15, 0.2) is 11.8 Å². The van der Waals surface area contributed by atoms with Crippen LogP contribution in [0.1, 0.15) is 57.9 Å². The minimum absolute atomic E-state index is 0.241. The molecule has 3 heterocycles. The Morgan fingerprint density at radius 2 is 1.79 bits per heavy atom. The molecule has 10 heteroatoms. The van der Waals surface area contributed by atoms with Gasteiger partial charge in [-0.3, -0.25) is 0 Å². The van der Waals surface area contributed by atoms with E-state index >= 15 is 0 Å². The summed E-state index contributed by atoms with van der Waals surface area (Å²) in [6, 6.07) is 14.1. The highest BCUT2D eigenvalue weighted by Crippen LogP contribution is 2.39. The number of aromatic nitrogens is 3. The number of fused-ring (bicyclic) bond motifs is 1. The summed E-state index contributed by atoms with van der Waals surface area (Å²) in [5.41, 5.74) is 3.54. The lowest BCUT2D eigenvalue weighted by Crippen LogP contribution is -2.45. The van der Waals surface area contributed by atoms with Crippen LogP contribution in [-0.2, 0) is 14.3 Å². The molecule has 0 spiro atoms. The minimum Gasteiger partial charge on any atom is -0.489 e. The van der Waals surface area contributed by atoms with Gasteiger partial charge >= 0.3 is 5.97 Å². The summed E-state index contributed by atoms with van der Waals surface area (Å²) in [7, 11) is 0. The molecule has 1 fully saturated rings. The normalized spacial score (nSPS) is 15.4. The van der Waals surface area contributed by atoms with Crippen molar-refractivity contribution >= 4 is 17.4 Å². The highest BCUT2D eigenvalue weighted by molar-refractivity contribution is 5.80. The van der Waals surface area contributed by atoms with E-state index in [1.807, 2.05) is 58.0 Å². The van der Waals surface area contributed by atoms with Gasteiger partial charge in [0.05, 0.1) is 29.1 Å². The van der Waals surface area contributed by atoms with E-state index in [1.54, 1.807) is 22.7 Å². The van der Waals surface area contributed by atoms with Crippen molar-refractivity contribution in [3.63, 3.8) is 0 Å². The van der Waals surface area contributed by atoms with Crippen LogP contribution in [0.25, 0.3) is 28.0 Å². The average Bonchev–Trinajstić information content (AvgIpc) is 3.45. The van der Waals surface area contributed by atoms with Gasteiger partial charge in [0.25, 0.3) is 0 Å². The van der Waals surface area contributed by atoms with Crippen LogP contribution in [0.2, 0.25) is 0 Å². The zero-order valence-corrected chi connectivity index (χ0v) is 27.8. The van der Waals surface area contributed by atoms with Crippen LogP contribution in [0.3, 0.4) is 0 Å². The van der Waals surface area contributed by atoms with Crippen LogP contribution >= 0.6 is 0 Å².